The summed E-state index contributed by atoms with van der Waals surface area (Å²) in [5.41, 5.74) is 0.997. The Morgan fingerprint density at radius 2 is 1.92 bits per heavy atom. The molecular formula is C26H28N6O5. The third kappa shape index (κ3) is 5.40. The van der Waals surface area contributed by atoms with Crippen LogP contribution in [0.25, 0.3) is 0 Å². The van der Waals surface area contributed by atoms with Crippen molar-refractivity contribution >= 4 is 23.6 Å². The number of ketones is 1. The van der Waals surface area contributed by atoms with Crippen molar-refractivity contribution in [2.24, 2.45) is 5.92 Å². The van der Waals surface area contributed by atoms with Gasteiger partial charge >= 0.3 is 6.03 Å². The van der Waals surface area contributed by atoms with Crippen LogP contribution in [0.2, 0.25) is 0 Å². The van der Waals surface area contributed by atoms with Gasteiger partial charge in [-0.2, -0.15) is 0 Å². The molecule has 0 saturated carbocycles. The fourth-order valence-electron chi connectivity index (χ4n) is 4.12. The zero-order valence-corrected chi connectivity index (χ0v) is 21.0. The average molecular weight is 505 g/mol. The SMILES string of the molecule is Cc1cccc(Cc2nnc(C(=O)[C@@H](NC(=O)CN3C(=O)NC(C)(c4ccccn4)C3=O)C(C)C)o2)c1. The molecule has 1 saturated heterocycles. The highest BCUT2D eigenvalue weighted by atomic mass is 16.4. The topological polar surface area (TPSA) is 147 Å². The number of pyridine rings is 1. The van der Waals surface area contributed by atoms with E-state index in [1.54, 1.807) is 32.0 Å². The Morgan fingerprint density at radius 3 is 2.59 bits per heavy atom. The summed E-state index contributed by atoms with van der Waals surface area (Å²) in [6.45, 7) is 6.43. The van der Waals surface area contributed by atoms with Gasteiger partial charge in [-0.05, 0) is 37.5 Å². The van der Waals surface area contributed by atoms with Crippen molar-refractivity contribution in [3.05, 3.63) is 77.3 Å². The summed E-state index contributed by atoms with van der Waals surface area (Å²) in [6.07, 6.45) is 1.87. The molecule has 0 radical (unpaired) electrons. The predicted molar refractivity (Wildman–Crippen MR) is 131 cm³/mol. The molecule has 192 valence electrons. The van der Waals surface area contributed by atoms with Crippen LogP contribution in [-0.2, 0) is 21.5 Å². The molecule has 1 aliphatic heterocycles. The molecule has 11 nitrogen and oxygen atoms in total. The number of amides is 4. The van der Waals surface area contributed by atoms with Gasteiger partial charge in [-0.3, -0.25) is 24.3 Å². The van der Waals surface area contributed by atoms with E-state index >= 15 is 0 Å². The molecular weight excluding hydrogens is 476 g/mol. The summed E-state index contributed by atoms with van der Waals surface area (Å²) in [5, 5.41) is 13.0. The third-order valence-electron chi connectivity index (χ3n) is 6.13. The molecule has 2 aromatic heterocycles. The molecule has 2 N–H and O–H groups in total. The van der Waals surface area contributed by atoms with E-state index in [1.807, 2.05) is 31.2 Å². The van der Waals surface area contributed by atoms with Gasteiger partial charge in [-0.15, -0.1) is 10.2 Å². The van der Waals surface area contributed by atoms with Gasteiger partial charge in [0.2, 0.25) is 17.6 Å². The number of rotatable bonds is 9. The van der Waals surface area contributed by atoms with Crippen molar-refractivity contribution in [1.82, 2.24) is 30.7 Å². The first-order chi connectivity index (χ1) is 17.6. The first kappa shape index (κ1) is 25.7. The standard InChI is InChI=1S/C26H28N6O5/c1-15(2)21(22(34)23-31-30-20(37-23)13-17-9-7-8-16(3)12-17)28-19(33)14-32-24(35)26(4,29-25(32)36)18-10-5-6-11-27-18/h5-12,15,21H,13-14H2,1-4H3,(H,28,33)(H,29,36)/t21-,26?/m0/s1. The monoisotopic (exact) mass is 504 g/mol. The Hall–Kier alpha value is -4.41. The van der Waals surface area contributed by atoms with E-state index in [4.69, 9.17) is 4.42 Å². The number of aryl methyl sites for hydroxylation is 1. The summed E-state index contributed by atoms with van der Waals surface area (Å²) >= 11 is 0. The molecule has 0 spiro atoms. The first-order valence-corrected chi connectivity index (χ1v) is 11.9. The summed E-state index contributed by atoms with van der Waals surface area (Å²) < 4.78 is 5.59. The number of carbonyl (C=O) groups excluding carboxylic acids is 4. The molecule has 0 aliphatic carbocycles. The number of aromatic nitrogens is 3. The summed E-state index contributed by atoms with van der Waals surface area (Å²) in [5.74, 6) is -2.13. The van der Waals surface area contributed by atoms with E-state index in [1.165, 1.54) is 13.1 Å². The second kappa shape index (κ2) is 10.3. The van der Waals surface area contributed by atoms with Crippen LogP contribution in [0, 0.1) is 12.8 Å². The maximum absolute atomic E-state index is 13.1. The lowest BCUT2D eigenvalue weighted by molar-refractivity contribution is -0.135. The number of urea groups is 1. The molecule has 0 bridgehead atoms. The molecule has 3 aromatic rings. The predicted octanol–water partition coefficient (Wildman–Crippen LogP) is 2.15. The van der Waals surface area contributed by atoms with Gasteiger partial charge in [0.1, 0.15) is 6.54 Å². The molecule has 11 heteroatoms. The Bertz CT molecular complexity index is 1340. The van der Waals surface area contributed by atoms with Crippen molar-refractivity contribution in [2.75, 3.05) is 6.54 Å². The highest BCUT2D eigenvalue weighted by Gasteiger charge is 2.50. The number of imide groups is 1. The van der Waals surface area contributed by atoms with Crippen LogP contribution in [0.4, 0.5) is 4.79 Å². The van der Waals surface area contributed by atoms with Crippen molar-refractivity contribution in [2.45, 2.75) is 45.7 Å². The van der Waals surface area contributed by atoms with Gasteiger partial charge in [-0.1, -0.05) is 49.7 Å². The Kier molecular flexibility index (Phi) is 7.14. The van der Waals surface area contributed by atoms with Crippen LogP contribution in [0.1, 0.15) is 54.2 Å². The summed E-state index contributed by atoms with van der Waals surface area (Å²) in [4.78, 5) is 56.5. The molecule has 3 heterocycles. The molecule has 1 aliphatic rings. The maximum Gasteiger partial charge on any atom is 0.325 e. The lowest BCUT2D eigenvalue weighted by Gasteiger charge is -2.22. The smallest absolute Gasteiger partial charge is 0.325 e. The molecule has 4 rings (SSSR count). The van der Waals surface area contributed by atoms with Crippen LogP contribution >= 0.6 is 0 Å². The highest BCUT2D eigenvalue weighted by Crippen LogP contribution is 2.27. The normalized spacial score (nSPS) is 18.1. The van der Waals surface area contributed by atoms with Gasteiger partial charge in [0.15, 0.2) is 5.54 Å². The third-order valence-corrected chi connectivity index (χ3v) is 6.13. The van der Waals surface area contributed by atoms with E-state index in [-0.39, 0.29) is 17.7 Å². The largest absolute Gasteiger partial charge is 0.418 e. The maximum atomic E-state index is 13.1. The molecule has 1 unspecified atom stereocenters. The lowest BCUT2D eigenvalue weighted by Crippen LogP contribution is -2.49. The highest BCUT2D eigenvalue weighted by molar-refractivity contribution is 6.09. The minimum atomic E-state index is -1.40. The van der Waals surface area contributed by atoms with Crippen LogP contribution in [0.15, 0.2) is 53.1 Å². The van der Waals surface area contributed by atoms with E-state index in [0.717, 1.165) is 16.0 Å². The molecule has 2 atom stereocenters. The van der Waals surface area contributed by atoms with E-state index in [2.05, 4.69) is 25.8 Å². The van der Waals surface area contributed by atoms with E-state index in [9.17, 15) is 19.2 Å². The van der Waals surface area contributed by atoms with Crippen LogP contribution in [0.5, 0.6) is 0 Å². The number of carbonyl (C=O) groups is 4. The minimum absolute atomic E-state index is 0.223. The van der Waals surface area contributed by atoms with Gasteiger partial charge < -0.3 is 15.1 Å². The number of nitrogens with zero attached hydrogens (tertiary/aromatic N) is 4. The Morgan fingerprint density at radius 1 is 1.14 bits per heavy atom. The Labute approximate surface area is 213 Å². The average Bonchev–Trinajstić information content (AvgIpc) is 3.41. The van der Waals surface area contributed by atoms with Gasteiger partial charge in [-0.25, -0.2) is 4.79 Å². The zero-order valence-electron chi connectivity index (χ0n) is 21.0. The number of hydrogen-bond donors (Lipinski definition) is 2. The van der Waals surface area contributed by atoms with Crippen LogP contribution in [-0.4, -0.2) is 56.3 Å². The van der Waals surface area contributed by atoms with Gasteiger partial charge in [0.25, 0.3) is 11.8 Å². The van der Waals surface area contributed by atoms with Crippen molar-refractivity contribution in [3.8, 4) is 0 Å². The minimum Gasteiger partial charge on any atom is -0.418 e. The van der Waals surface area contributed by atoms with Crippen LogP contribution in [0.3, 0.4) is 0 Å². The van der Waals surface area contributed by atoms with Crippen LogP contribution < -0.4 is 10.6 Å². The Balaban J connectivity index is 1.43. The van der Waals surface area contributed by atoms with Gasteiger partial charge in [0, 0.05) is 6.20 Å². The fraction of sp³-hybridized carbons (Fsp3) is 0.346. The van der Waals surface area contributed by atoms with E-state index < -0.39 is 41.8 Å². The number of nitrogens with one attached hydrogen (secondary N) is 2. The summed E-state index contributed by atoms with van der Waals surface area (Å²) in [6, 6.07) is 11.1. The quantitative estimate of drug-likeness (QED) is 0.333. The first-order valence-electron chi connectivity index (χ1n) is 11.9. The van der Waals surface area contributed by atoms with E-state index in [0.29, 0.717) is 12.1 Å². The number of benzene rings is 1. The van der Waals surface area contributed by atoms with Crippen molar-refractivity contribution < 1.29 is 23.6 Å². The van der Waals surface area contributed by atoms with Gasteiger partial charge in [0.05, 0.1) is 18.2 Å². The lowest BCUT2D eigenvalue weighted by atomic mass is 9.97. The fourth-order valence-corrected chi connectivity index (χ4v) is 4.12. The second-order valence-corrected chi connectivity index (χ2v) is 9.48. The zero-order chi connectivity index (χ0) is 26.7. The molecule has 37 heavy (non-hydrogen) atoms. The van der Waals surface area contributed by atoms with Crippen molar-refractivity contribution in [1.29, 1.82) is 0 Å². The molecule has 4 amide bonds. The molecule has 1 fully saturated rings. The number of Topliss-reactive ketones (excluding diaryl/α,β-unsaturated/α-hetero) is 1. The molecule has 1 aromatic carbocycles. The second-order valence-electron chi connectivity index (χ2n) is 9.48. The summed E-state index contributed by atoms with van der Waals surface area (Å²) in [7, 11) is 0. The number of hydrogen-bond acceptors (Lipinski definition) is 8. The van der Waals surface area contributed by atoms with Crippen molar-refractivity contribution in [3.63, 3.8) is 0 Å².